The van der Waals surface area contributed by atoms with E-state index in [2.05, 4.69) is 0 Å². The summed E-state index contributed by atoms with van der Waals surface area (Å²) in [6, 6.07) is 7.50. The Labute approximate surface area is 88.7 Å². The molecule has 1 saturated heterocycles. The van der Waals surface area contributed by atoms with E-state index in [0.29, 0.717) is 18.7 Å². The summed E-state index contributed by atoms with van der Waals surface area (Å²) in [7, 11) is 0. The number of halogens is 1. The van der Waals surface area contributed by atoms with Gasteiger partial charge >= 0.3 is 0 Å². The second-order valence-electron chi connectivity index (χ2n) is 4.10. The maximum atomic E-state index is 12.2. The third kappa shape index (κ3) is 2.01. The smallest absolute Gasteiger partial charge is 0.253 e. The van der Waals surface area contributed by atoms with Crippen molar-refractivity contribution in [3.8, 4) is 0 Å². The molecule has 1 heterocycles. The number of hydrogen-bond acceptors (Lipinski definition) is 1. The number of carbonyl (C=O) groups excluding carboxylic acids is 1. The first-order valence-corrected chi connectivity index (χ1v) is 5.12. The molecule has 0 unspecified atom stereocenters. The van der Waals surface area contributed by atoms with Crippen LogP contribution >= 0.6 is 0 Å². The molecule has 15 heavy (non-hydrogen) atoms. The quantitative estimate of drug-likeness (QED) is 0.726. The van der Waals surface area contributed by atoms with Crippen LogP contribution in [0.25, 0.3) is 0 Å². The fourth-order valence-corrected chi connectivity index (χ4v) is 1.79. The van der Waals surface area contributed by atoms with E-state index in [1.54, 1.807) is 11.0 Å². The second-order valence-corrected chi connectivity index (χ2v) is 4.10. The lowest BCUT2D eigenvalue weighted by atomic mass is 10.00. The van der Waals surface area contributed by atoms with Crippen LogP contribution in [0.3, 0.4) is 0 Å². The first kappa shape index (κ1) is 10.1. The number of carbonyl (C=O) groups is 1. The molecule has 1 fully saturated rings. The Morgan fingerprint density at radius 1 is 1.53 bits per heavy atom. The zero-order valence-electron chi connectivity index (χ0n) is 8.74. The normalized spacial score (nSPS) is 16.3. The Morgan fingerprint density at radius 2 is 2.27 bits per heavy atom. The molecule has 0 radical (unpaired) electrons. The van der Waals surface area contributed by atoms with Crippen LogP contribution in [0.15, 0.2) is 24.3 Å². The average Bonchev–Trinajstić information content (AvgIpc) is 2.16. The third-order valence-electron chi connectivity index (χ3n) is 2.73. The number of rotatable bonds is 2. The standard InChI is InChI=1S/C12H14FNO/c1-9-3-2-4-11(5-9)12(15)14-7-10(6-13)8-14/h2-5,10H,6-8H2,1H3. The van der Waals surface area contributed by atoms with E-state index in [0.717, 1.165) is 5.56 Å². The van der Waals surface area contributed by atoms with Crippen molar-refractivity contribution in [1.29, 1.82) is 0 Å². The van der Waals surface area contributed by atoms with Gasteiger partial charge in [-0.05, 0) is 19.1 Å². The van der Waals surface area contributed by atoms with E-state index in [-0.39, 0.29) is 18.5 Å². The Hall–Kier alpha value is -1.38. The molecule has 0 atom stereocenters. The molecule has 0 saturated carbocycles. The van der Waals surface area contributed by atoms with Gasteiger partial charge in [-0.25, -0.2) is 0 Å². The molecule has 0 aliphatic carbocycles. The number of amides is 1. The summed E-state index contributed by atoms with van der Waals surface area (Å²) in [6.07, 6.45) is 0. The van der Waals surface area contributed by atoms with Gasteiger partial charge in [0.2, 0.25) is 0 Å². The molecule has 0 aromatic heterocycles. The SMILES string of the molecule is Cc1cccc(C(=O)N2CC(CF)C2)c1. The van der Waals surface area contributed by atoms with Gasteiger partial charge in [-0.3, -0.25) is 9.18 Å². The molecule has 0 bridgehead atoms. The number of alkyl halides is 1. The lowest BCUT2D eigenvalue weighted by molar-refractivity contribution is 0.0453. The van der Waals surface area contributed by atoms with E-state index in [4.69, 9.17) is 0 Å². The van der Waals surface area contributed by atoms with Gasteiger partial charge in [0.1, 0.15) is 0 Å². The van der Waals surface area contributed by atoms with Crippen molar-refractivity contribution in [3.63, 3.8) is 0 Å². The van der Waals surface area contributed by atoms with Crippen LogP contribution in [0.2, 0.25) is 0 Å². The molecule has 0 N–H and O–H groups in total. The number of aryl methyl sites for hydroxylation is 1. The molecule has 2 nitrogen and oxygen atoms in total. The monoisotopic (exact) mass is 207 g/mol. The highest BCUT2D eigenvalue weighted by atomic mass is 19.1. The molecular weight excluding hydrogens is 193 g/mol. The van der Waals surface area contributed by atoms with Crippen LogP contribution in [0.1, 0.15) is 15.9 Å². The highest BCUT2D eigenvalue weighted by Gasteiger charge is 2.30. The predicted octanol–water partition coefficient (Wildman–Crippen LogP) is 2.04. The Kier molecular flexibility index (Phi) is 2.71. The van der Waals surface area contributed by atoms with Gasteiger partial charge in [0.15, 0.2) is 0 Å². The van der Waals surface area contributed by atoms with E-state index in [1.165, 1.54) is 0 Å². The summed E-state index contributed by atoms with van der Waals surface area (Å²) < 4.78 is 12.2. The number of hydrogen-bond donors (Lipinski definition) is 0. The Morgan fingerprint density at radius 3 is 2.87 bits per heavy atom. The number of likely N-dealkylation sites (tertiary alicyclic amines) is 1. The maximum absolute atomic E-state index is 12.2. The first-order valence-electron chi connectivity index (χ1n) is 5.12. The fraction of sp³-hybridized carbons (Fsp3) is 0.417. The fourth-order valence-electron chi connectivity index (χ4n) is 1.79. The predicted molar refractivity (Wildman–Crippen MR) is 56.5 cm³/mol. The summed E-state index contributed by atoms with van der Waals surface area (Å²) in [6.45, 7) is 2.75. The zero-order chi connectivity index (χ0) is 10.8. The molecule has 1 aliphatic heterocycles. The van der Waals surface area contributed by atoms with Crippen molar-refractivity contribution in [2.45, 2.75) is 6.92 Å². The molecular formula is C12H14FNO. The van der Waals surface area contributed by atoms with Gasteiger partial charge < -0.3 is 4.90 Å². The molecule has 1 aromatic rings. The third-order valence-corrected chi connectivity index (χ3v) is 2.73. The number of benzene rings is 1. The molecule has 1 aliphatic rings. The lowest BCUT2D eigenvalue weighted by Gasteiger charge is -2.37. The topological polar surface area (TPSA) is 20.3 Å². The first-order chi connectivity index (χ1) is 7.20. The molecule has 1 aromatic carbocycles. The molecule has 2 rings (SSSR count). The average molecular weight is 207 g/mol. The summed E-state index contributed by atoms with van der Waals surface area (Å²) in [4.78, 5) is 13.5. The van der Waals surface area contributed by atoms with Crippen LogP contribution in [-0.4, -0.2) is 30.6 Å². The maximum Gasteiger partial charge on any atom is 0.253 e. The highest BCUT2D eigenvalue weighted by molar-refractivity contribution is 5.94. The minimum atomic E-state index is -0.322. The van der Waals surface area contributed by atoms with Crippen LogP contribution in [0, 0.1) is 12.8 Å². The Bertz CT molecular complexity index is 372. The van der Waals surface area contributed by atoms with Gasteiger partial charge in [-0.15, -0.1) is 0 Å². The second kappa shape index (κ2) is 4.01. The van der Waals surface area contributed by atoms with Crippen molar-refractivity contribution < 1.29 is 9.18 Å². The molecule has 80 valence electrons. The zero-order valence-corrected chi connectivity index (χ0v) is 8.74. The summed E-state index contributed by atoms with van der Waals surface area (Å²) in [5.41, 5.74) is 1.77. The van der Waals surface area contributed by atoms with Crippen LogP contribution in [0.5, 0.6) is 0 Å². The van der Waals surface area contributed by atoms with Gasteiger partial charge in [0, 0.05) is 24.6 Å². The van der Waals surface area contributed by atoms with Crippen molar-refractivity contribution in [1.82, 2.24) is 4.90 Å². The summed E-state index contributed by atoms with van der Waals surface area (Å²) >= 11 is 0. The van der Waals surface area contributed by atoms with Crippen molar-refractivity contribution in [2.75, 3.05) is 19.8 Å². The van der Waals surface area contributed by atoms with E-state index in [9.17, 15) is 9.18 Å². The van der Waals surface area contributed by atoms with E-state index < -0.39 is 0 Å². The Balaban J connectivity index is 2.03. The summed E-state index contributed by atoms with van der Waals surface area (Å²) in [5.74, 6) is 0.0714. The lowest BCUT2D eigenvalue weighted by Crippen LogP contribution is -2.50. The van der Waals surface area contributed by atoms with E-state index >= 15 is 0 Å². The summed E-state index contributed by atoms with van der Waals surface area (Å²) in [5, 5.41) is 0. The van der Waals surface area contributed by atoms with Gasteiger partial charge in [0.05, 0.1) is 6.67 Å². The number of nitrogens with zero attached hydrogens (tertiary/aromatic N) is 1. The van der Waals surface area contributed by atoms with Gasteiger partial charge in [0.25, 0.3) is 5.91 Å². The minimum absolute atomic E-state index is 0.0170. The van der Waals surface area contributed by atoms with Crippen LogP contribution in [0.4, 0.5) is 4.39 Å². The molecule has 3 heteroatoms. The van der Waals surface area contributed by atoms with Crippen molar-refractivity contribution in [3.05, 3.63) is 35.4 Å². The van der Waals surface area contributed by atoms with E-state index in [1.807, 2.05) is 25.1 Å². The van der Waals surface area contributed by atoms with Gasteiger partial charge in [-0.1, -0.05) is 17.7 Å². The van der Waals surface area contributed by atoms with Crippen molar-refractivity contribution >= 4 is 5.91 Å². The van der Waals surface area contributed by atoms with Crippen molar-refractivity contribution in [2.24, 2.45) is 5.92 Å². The largest absolute Gasteiger partial charge is 0.338 e. The van der Waals surface area contributed by atoms with Crippen LogP contribution in [-0.2, 0) is 0 Å². The minimum Gasteiger partial charge on any atom is -0.338 e. The van der Waals surface area contributed by atoms with Gasteiger partial charge in [-0.2, -0.15) is 0 Å². The molecule has 1 amide bonds. The highest BCUT2D eigenvalue weighted by Crippen LogP contribution is 2.19. The molecule has 0 spiro atoms. The van der Waals surface area contributed by atoms with Crippen LogP contribution < -0.4 is 0 Å².